The fourth-order valence-electron chi connectivity index (χ4n) is 4.52. The molecule has 9 nitrogen and oxygen atoms in total. The average molecular weight is 425 g/mol. The monoisotopic (exact) mass is 425 g/mol. The molecule has 3 aliphatic rings. The van der Waals surface area contributed by atoms with Crippen molar-refractivity contribution in [1.29, 1.82) is 0 Å². The second-order valence-electron chi connectivity index (χ2n) is 8.51. The van der Waals surface area contributed by atoms with E-state index >= 15 is 0 Å². The molecule has 1 aromatic carbocycles. The fraction of sp³-hybridized carbons (Fsp3) is 0.409. The SMILES string of the molecule is C[C@@]1(Cc2ccc3c(c2)OCO3)NC(=O)N(C[NH+]2CCN(c3cc[nH+]cc3)CC2)C1=O. The molecule has 31 heavy (non-hydrogen) atoms. The standard InChI is InChI=1S/C22H25N5O4/c1-22(13-16-2-3-18-19(12-16)31-15-30-18)20(28)27(21(29)24-22)14-25-8-10-26(11-9-25)17-4-6-23-7-5-17/h2-7,12H,8-11,13-15H2,1H3,(H,24,29)/p+2/t22-/m0/s1. The van der Waals surface area contributed by atoms with Crippen LogP contribution in [0.4, 0.5) is 10.5 Å². The molecule has 2 aromatic rings. The summed E-state index contributed by atoms with van der Waals surface area (Å²) >= 11 is 0. The third-order valence-corrected chi connectivity index (χ3v) is 6.26. The minimum absolute atomic E-state index is 0.177. The molecule has 2 saturated heterocycles. The smallest absolute Gasteiger partial charge is 0.329 e. The molecule has 3 amide bonds. The molecule has 0 radical (unpaired) electrons. The second kappa shape index (κ2) is 7.73. The number of H-pyrrole nitrogens is 1. The van der Waals surface area contributed by atoms with Gasteiger partial charge < -0.3 is 24.6 Å². The van der Waals surface area contributed by atoms with E-state index in [1.54, 1.807) is 6.92 Å². The number of ether oxygens (including phenoxy) is 2. The molecule has 162 valence electrons. The van der Waals surface area contributed by atoms with Crippen LogP contribution in [-0.4, -0.2) is 62.0 Å². The van der Waals surface area contributed by atoms with Gasteiger partial charge in [0.25, 0.3) is 5.91 Å². The number of pyridine rings is 1. The van der Waals surface area contributed by atoms with Gasteiger partial charge in [0.2, 0.25) is 6.79 Å². The van der Waals surface area contributed by atoms with Crippen molar-refractivity contribution < 1.29 is 28.9 Å². The van der Waals surface area contributed by atoms with E-state index in [4.69, 9.17) is 9.47 Å². The maximum absolute atomic E-state index is 13.2. The summed E-state index contributed by atoms with van der Waals surface area (Å²) in [7, 11) is 0. The molecular weight excluding hydrogens is 398 g/mol. The summed E-state index contributed by atoms with van der Waals surface area (Å²) in [6.45, 7) is 5.89. The van der Waals surface area contributed by atoms with Crippen LogP contribution in [0.25, 0.3) is 0 Å². The number of hydrogen-bond acceptors (Lipinski definition) is 5. The van der Waals surface area contributed by atoms with Crippen molar-refractivity contribution in [3.8, 4) is 11.5 Å². The van der Waals surface area contributed by atoms with Crippen LogP contribution < -0.4 is 29.6 Å². The fourth-order valence-corrected chi connectivity index (χ4v) is 4.52. The molecule has 0 saturated carbocycles. The summed E-state index contributed by atoms with van der Waals surface area (Å²) in [5.41, 5.74) is 1.14. The lowest BCUT2D eigenvalue weighted by Gasteiger charge is -2.34. The number of nitrogens with one attached hydrogen (secondary N) is 3. The number of aromatic nitrogens is 1. The first kappa shape index (κ1) is 19.6. The molecule has 4 heterocycles. The van der Waals surface area contributed by atoms with Crippen LogP contribution >= 0.6 is 0 Å². The molecule has 0 spiro atoms. The van der Waals surface area contributed by atoms with E-state index < -0.39 is 5.54 Å². The van der Waals surface area contributed by atoms with E-state index in [0.29, 0.717) is 24.6 Å². The summed E-state index contributed by atoms with van der Waals surface area (Å²) in [5, 5.41) is 2.91. The van der Waals surface area contributed by atoms with Gasteiger partial charge in [0.1, 0.15) is 5.54 Å². The first-order chi connectivity index (χ1) is 15.0. The largest absolute Gasteiger partial charge is 0.454 e. The van der Waals surface area contributed by atoms with Gasteiger partial charge in [-0.25, -0.2) is 14.7 Å². The normalized spacial score (nSPS) is 23.4. The van der Waals surface area contributed by atoms with Gasteiger partial charge in [-0.05, 0) is 24.6 Å². The number of benzene rings is 1. The number of fused-ring (bicyclic) bond motifs is 1. The summed E-state index contributed by atoms with van der Waals surface area (Å²) in [4.78, 5) is 33.8. The Morgan fingerprint density at radius 2 is 1.84 bits per heavy atom. The zero-order chi connectivity index (χ0) is 21.4. The maximum Gasteiger partial charge on any atom is 0.329 e. The predicted molar refractivity (Wildman–Crippen MR) is 111 cm³/mol. The van der Waals surface area contributed by atoms with Crippen LogP contribution in [0.3, 0.4) is 0 Å². The van der Waals surface area contributed by atoms with Crippen LogP contribution in [0, 0.1) is 0 Å². The highest BCUT2D eigenvalue weighted by molar-refractivity contribution is 6.06. The highest BCUT2D eigenvalue weighted by Gasteiger charge is 2.49. The summed E-state index contributed by atoms with van der Waals surface area (Å²) in [6, 6.07) is 9.43. The van der Waals surface area contributed by atoms with Crippen LogP contribution in [0.15, 0.2) is 42.7 Å². The van der Waals surface area contributed by atoms with Gasteiger partial charge in [-0.15, -0.1) is 0 Å². The molecule has 1 aromatic heterocycles. The number of hydrogen-bond donors (Lipinski definition) is 2. The number of carbonyl (C=O) groups is 2. The number of imide groups is 1. The second-order valence-corrected chi connectivity index (χ2v) is 8.51. The minimum atomic E-state index is -0.966. The number of rotatable bonds is 5. The van der Waals surface area contributed by atoms with Crippen LogP contribution in [0.2, 0.25) is 0 Å². The third-order valence-electron chi connectivity index (χ3n) is 6.26. The Morgan fingerprint density at radius 1 is 1.10 bits per heavy atom. The Morgan fingerprint density at radius 3 is 2.61 bits per heavy atom. The summed E-state index contributed by atoms with van der Waals surface area (Å²) in [6.07, 6.45) is 4.24. The van der Waals surface area contributed by atoms with Crippen LogP contribution in [-0.2, 0) is 11.2 Å². The number of nitrogens with zero attached hydrogens (tertiary/aromatic N) is 2. The van der Waals surface area contributed by atoms with Crippen molar-refractivity contribution >= 4 is 17.6 Å². The van der Waals surface area contributed by atoms with Crippen molar-refractivity contribution in [2.24, 2.45) is 0 Å². The van der Waals surface area contributed by atoms with Gasteiger partial charge in [-0.2, -0.15) is 0 Å². The Balaban J connectivity index is 1.21. The van der Waals surface area contributed by atoms with E-state index in [2.05, 4.69) is 27.3 Å². The molecule has 1 atom stereocenters. The molecule has 2 fully saturated rings. The van der Waals surface area contributed by atoms with E-state index in [-0.39, 0.29) is 18.7 Å². The molecule has 3 aliphatic heterocycles. The number of aromatic amines is 1. The van der Waals surface area contributed by atoms with Crippen molar-refractivity contribution in [3.63, 3.8) is 0 Å². The average Bonchev–Trinajstić information content (AvgIpc) is 3.33. The zero-order valence-electron chi connectivity index (χ0n) is 17.5. The topological polar surface area (TPSA) is 89.7 Å². The van der Waals surface area contributed by atoms with Crippen molar-refractivity contribution in [2.75, 3.05) is 44.5 Å². The van der Waals surface area contributed by atoms with Crippen LogP contribution in [0.5, 0.6) is 11.5 Å². The quantitative estimate of drug-likeness (QED) is 0.628. The lowest BCUT2D eigenvalue weighted by Crippen LogP contribution is -3.16. The minimum Gasteiger partial charge on any atom is -0.454 e. The summed E-state index contributed by atoms with van der Waals surface area (Å²) in [5.74, 6) is 1.20. The van der Waals surface area contributed by atoms with Crippen molar-refractivity contribution in [3.05, 3.63) is 48.3 Å². The van der Waals surface area contributed by atoms with Crippen molar-refractivity contribution in [2.45, 2.75) is 18.9 Å². The van der Waals surface area contributed by atoms with Gasteiger partial charge in [0.15, 0.2) is 30.6 Å². The van der Waals surface area contributed by atoms with E-state index in [1.165, 1.54) is 15.5 Å². The first-order valence-corrected chi connectivity index (χ1v) is 10.6. The van der Waals surface area contributed by atoms with Crippen LogP contribution in [0.1, 0.15) is 12.5 Å². The highest BCUT2D eigenvalue weighted by atomic mass is 16.7. The summed E-state index contributed by atoms with van der Waals surface area (Å²) < 4.78 is 10.8. The lowest BCUT2D eigenvalue weighted by atomic mass is 9.92. The molecular formula is C22H27N5O4+2. The van der Waals surface area contributed by atoms with Gasteiger partial charge in [-0.1, -0.05) is 6.07 Å². The number of piperazine rings is 1. The number of urea groups is 1. The first-order valence-electron chi connectivity index (χ1n) is 10.6. The number of carbonyl (C=O) groups excluding carboxylic acids is 2. The third kappa shape index (κ3) is 3.76. The number of quaternary nitrogens is 1. The maximum atomic E-state index is 13.2. The van der Waals surface area contributed by atoms with Gasteiger partial charge in [0.05, 0.1) is 26.2 Å². The molecule has 9 heteroatoms. The van der Waals surface area contributed by atoms with E-state index in [1.807, 2.05) is 30.6 Å². The van der Waals surface area contributed by atoms with E-state index in [9.17, 15) is 9.59 Å². The zero-order valence-corrected chi connectivity index (χ0v) is 17.5. The Kier molecular flexibility index (Phi) is 4.90. The molecule has 0 bridgehead atoms. The van der Waals surface area contributed by atoms with Gasteiger partial charge in [-0.3, -0.25) is 4.79 Å². The lowest BCUT2D eigenvalue weighted by molar-refractivity contribution is -0.907. The molecule has 0 unspecified atom stereocenters. The Labute approximate surface area is 180 Å². The Hall–Kier alpha value is -3.33. The molecule has 0 aliphatic carbocycles. The highest BCUT2D eigenvalue weighted by Crippen LogP contribution is 2.34. The van der Waals surface area contributed by atoms with Gasteiger partial charge >= 0.3 is 6.03 Å². The van der Waals surface area contributed by atoms with Gasteiger partial charge in [0, 0.05) is 24.2 Å². The van der Waals surface area contributed by atoms with E-state index in [0.717, 1.165) is 31.7 Å². The number of amides is 3. The predicted octanol–water partition coefficient (Wildman–Crippen LogP) is -0.555. The van der Waals surface area contributed by atoms with Crippen molar-refractivity contribution in [1.82, 2.24) is 10.2 Å². The molecule has 3 N–H and O–H groups in total. The Bertz CT molecular complexity index is 993. The molecule has 5 rings (SSSR count). The number of anilines is 1.